The minimum atomic E-state index is -0.185. The van der Waals surface area contributed by atoms with E-state index in [4.69, 9.17) is 10.3 Å². The van der Waals surface area contributed by atoms with Crippen LogP contribution >= 0.6 is 27.7 Å². The molecule has 0 amide bonds. The van der Waals surface area contributed by atoms with Crippen LogP contribution in [-0.2, 0) is 5.75 Å². The normalized spacial score (nSPS) is 14.2. The van der Waals surface area contributed by atoms with Gasteiger partial charge in [-0.3, -0.25) is 0 Å². The van der Waals surface area contributed by atoms with Crippen molar-refractivity contribution in [3.8, 4) is 0 Å². The Hall–Kier alpha value is -0.850. The number of hydrogen-bond acceptors (Lipinski definition) is 5. The van der Waals surface area contributed by atoms with Crippen LogP contribution in [0, 0.1) is 5.92 Å². The van der Waals surface area contributed by atoms with Gasteiger partial charge in [-0.1, -0.05) is 37.6 Å². The maximum absolute atomic E-state index is 6.08. The predicted molar refractivity (Wildman–Crippen MR) is 84.4 cm³/mol. The van der Waals surface area contributed by atoms with E-state index in [9.17, 15) is 0 Å². The first kappa shape index (κ1) is 15.5. The minimum Gasteiger partial charge on any atom is -0.338 e. The maximum Gasteiger partial charge on any atom is 0.243 e. The van der Waals surface area contributed by atoms with E-state index < -0.39 is 0 Å². The average molecular weight is 356 g/mol. The zero-order valence-electron chi connectivity index (χ0n) is 11.5. The summed E-state index contributed by atoms with van der Waals surface area (Å²) in [6.07, 6.45) is 0.991. The van der Waals surface area contributed by atoms with Gasteiger partial charge in [-0.15, -0.1) is 11.8 Å². The largest absolute Gasteiger partial charge is 0.338 e. The van der Waals surface area contributed by atoms with E-state index in [1.165, 1.54) is 0 Å². The maximum atomic E-state index is 6.08. The summed E-state index contributed by atoms with van der Waals surface area (Å²) in [4.78, 5) is 5.54. The smallest absolute Gasteiger partial charge is 0.243 e. The molecule has 0 aliphatic rings. The molecule has 0 spiro atoms. The fraction of sp³-hybridized carbons (Fsp3) is 0.429. The Balaban J connectivity index is 1.98. The van der Waals surface area contributed by atoms with Crippen molar-refractivity contribution < 1.29 is 4.52 Å². The van der Waals surface area contributed by atoms with Crippen LogP contribution in [0.5, 0.6) is 0 Å². The fourth-order valence-corrected chi connectivity index (χ4v) is 3.07. The standard InChI is InChI=1S/C14H18BrN3OS/c1-3-9(2)13(16)14-17-12(18-19-14)8-20-11-7-5-4-6-10(11)15/h4-7,9,13H,3,8,16H2,1-2H3/t9-,13-/m0/s1. The third-order valence-electron chi connectivity index (χ3n) is 3.22. The number of rotatable bonds is 6. The summed E-state index contributed by atoms with van der Waals surface area (Å²) in [6, 6.07) is 7.89. The molecule has 20 heavy (non-hydrogen) atoms. The molecule has 0 bridgehead atoms. The summed E-state index contributed by atoms with van der Waals surface area (Å²) < 4.78 is 6.33. The van der Waals surface area contributed by atoms with Crippen LogP contribution in [0.15, 0.2) is 38.2 Å². The van der Waals surface area contributed by atoms with Gasteiger partial charge in [-0.05, 0) is 34.0 Å². The molecule has 2 N–H and O–H groups in total. The van der Waals surface area contributed by atoms with Crippen LogP contribution in [0.2, 0.25) is 0 Å². The highest BCUT2D eigenvalue weighted by Crippen LogP contribution is 2.29. The number of halogens is 1. The van der Waals surface area contributed by atoms with E-state index >= 15 is 0 Å². The van der Waals surface area contributed by atoms with Crippen molar-refractivity contribution in [1.82, 2.24) is 10.1 Å². The molecule has 108 valence electrons. The van der Waals surface area contributed by atoms with Crippen molar-refractivity contribution in [3.05, 3.63) is 40.5 Å². The van der Waals surface area contributed by atoms with E-state index in [-0.39, 0.29) is 6.04 Å². The zero-order chi connectivity index (χ0) is 14.5. The van der Waals surface area contributed by atoms with Gasteiger partial charge in [0.2, 0.25) is 5.89 Å². The molecule has 0 saturated heterocycles. The summed E-state index contributed by atoms with van der Waals surface area (Å²) in [7, 11) is 0. The molecule has 1 heterocycles. The highest BCUT2D eigenvalue weighted by molar-refractivity contribution is 9.10. The number of benzene rings is 1. The minimum absolute atomic E-state index is 0.185. The lowest BCUT2D eigenvalue weighted by atomic mass is 10.0. The molecule has 1 aromatic heterocycles. The molecule has 0 aliphatic carbocycles. The molecule has 0 saturated carbocycles. The number of nitrogens with zero attached hydrogens (tertiary/aromatic N) is 2. The SMILES string of the molecule is CC[C@H](C)[C@H](N)c1nc(CSc2ccccc2Br)no1. The Morgan fingerprint density at radius 1 is 1.40 bits per heavy atom. The Labute approximate surface area is 131 Å². The molecular weight excluding hydrogens is 338 g/mol. The summed E-state index contributed by atoms with van der Waals surface area (Å²) >= 11 is 5.19. The monoisotopic (exact) mass is 355 g/mol. The van der Waals surface area contributed by atoms with Gasteiger partial charge in [0.15, 0.2) is 5.82 Å². The van der Waals surface area contributed by atoms with E-state index in [0.29, 0.717) is 23.4 Å². The quantitative estimate of drug-likeness (QED) is 0.787. The predicted octanol–water partition coefficient (Wildman–Crippen LogP) is 4.17. The number of nitrogens with two attached hydrogens (primary N) is 1. The highest BCUT2D eigenvalue weighted by Gasteiger charge is 2.20. The van der Waals surface area contributed by atoms with Gasteiger partial charge in [0.1, 0.15) is 0 Å². The van der Waals surface area contributed by atoms with Crippen molar-refractivity contribution in [1.29, 1.82) is 0 Å². The first-order valence-corrected chi connectivity index (χ1v) is 8.35. The molecule has 2 atom stereocenters. The van der Waals surface area contributed by atoms with Gasteiger partial charge in [-0.25, -0.2) is 0 Å². The van der Waals surface area contributed by atoms with E-state index in [1.54, 1.807) is 11.8 Å². The molecule has 2 rings (SSSR count). The van der Waals surface area contributed by atoms with Crippen LogP contribution < -0.4 is 5.73 Å². The van der Waals surface area contributed by atoms with Gasteiger partial charge in [0.05, 0.1) is 11.8 Å². The number of aromatic nitrogens is 2. The molecule has 0 aliphatic heterocycles. The fourth-order valence-electron chi connectivity index (χ4n) is 1.66. The summed E-state index contributed by atoms with van der Waals surface area (Å²) in [6.45, 7) is 4.19. The third kappa shape index (κ3) is 3.84. The summed E-state index contributed by atoms with van der Waals surface area (Å²) in [5, 5.41) is 4.00. The molecule has 4 nitrogen and oxygen atoms in total. The molecule has 6 heteroatoms. The molecule has 0 unspecified atom stereocenters. The molecular formula is C14H18BrN3OS. The van der Waals surface area contributed by atoms with Crippen molar-refractivity contribution in [3.63, 3.8) is 0 Å². The Morgan fingerprint density at radius 3 is 2.85 bits per heavy atom. The molecule has 1 aromatic carbocycles. The number of hydrogen-bond donors (Lipinski definition) is 1. The highest BCUT2D eigenvalue weighted by atomic mass is 79.9. The van der Waals surface area contributed by atoms with Crippen molar-refractivity contribution >= 4 is 27.7 Å². The first-order valence-electron chi connectivity index (χ1n) is 6.57. The van der Waals surface area contributed by atoms with Gasteiger partial charge in [0, 0.05) is 9.37 Å². The molecule has 0 radical (unpaired) electrons. The van der Waals surface area contributed by atoms with Gasteiger partial charge in [0.25, 0.3) is 0 Å². The van der Waals surface area contributed by atoms with E-state index in [1.807, 2.05) is 18.2 Å². The second-order valence-electron chi connectivity index (χ2n) is 4.68. The van der Waals surface area contributed by atoms with E-state index in [0.717, 1.165) is 15.8 Å². The van der Waals surface area contributed by atoms with Crippen molar-refractivity contribution in [2.45, 2.75) is 37.0 Å². The van der Waals surface area contributed by atoms with Crippen molar-refractivity contribution in [2.24, 2.45) is 11.7 Å². The third-order valence-corrected chi connectivity index (χ3v) is 5.24. The first-order chi connectivity index (χ1) is 9.61. The Morgan fingerprint density at radius 2 is 2.15 bits per heavy atom. The van der Waals surface area contributed by atoms with Crippen LogP contribution in [0.3, 0.4) is 0 Å². The van der Waals surface area contributed by atoms with Gasteiger partial charge in [-0.2, -0.15) is 4.98 Å². The molecule has 0 fully saturated rings. The average Bonchev–Trinajstić information content (AvgIpc) is 2.93. The van der Waals surface area contributed by atoms with E-state index in [2.05, 4.69) is 46.0 Å². The van der Waals surface area contributed by atoms with Crippen LogP contribution in [0.1, 0.15) is 38.0 Å². The summed E-state index contributed by atoms with van der Waals surface area (Å²) in [5.41, 5.74) is 6.08. The topological polar surface area (TPSA) is 64.9 Å². The zero-order valence-corrected chi connectivity index (χ0v) is 13.9. The lowest BCUT2D eigenvalue weighted by Gasteiger charge is -2.12. The van der Waals surface area contributed by atoms with Crippen LogP contribution in [0.25, 0.3) is 0 Å². The second-order valence-corrected chi connectivity index (χ2v) is 6.55. The van der Waals surface area contributed by atoms with Crippen LogP contribution in [-0.4, -0.2) is 10.1 Å². The lowest BCUT2D eigenvalue weighted by molar-refractivity contribution is 0.311. The van der Waals surface area contributed by atoms with Gasteiger partial charge >= 0.3 is 0 Å². The molecule has 2 aromatic rings. The Kier molecular flexibility index (Phi) is 5.63. The number of thioether (sulfide) groups is 1. The second kappa shape index (κ2) is 7.24. The van der Waals surface area contributed by atoms with Crippen molar-refractivity contribution in [2.75, 3.05) is 0 Å². The van der Waals surface area contributed by atoms with Gasteiger partial charge < -0.3 is 10.3 Å². The Bertz CT molecular complexity index is 561. The lowest BCUT2D eigenvalue weighted by Crippen LogP contribution is -2.18. The van der Waals surface area contributed by atoms with Crippen LogP contribution in [0.4, 0.5) is 0 Å². The summed E-state index contributed by atoms with van der Waals surface area (Å²) in [5.74, 6) is 2.21.